The molecule has 14 heteroatoms. The maximum absolute atomic E-state index is 13.0. The molecule has 182 valence electrons. The van der Waals surface area contributed by atoms with Gasteiger partial charge >= 0.3 is 5.97 Å². The largest absolute Gasteiger partial charge is 0.477 e. The van der Waals surface area contributed by atoms with Crippen LogP contribution >= 0.6 is 46.6 Å². The first-order chi connectivity index (χ1) is 16.4. The van der Waals surface area contributed by atoms with Gasteiger partial charge in [-0.3, -0.25) is 14.5 Å². The summed E-state index contributed by atoms with van der Waals surface area (Å²) in [5.41, 5.74) is 0.631. The second-order valence-corrected chi connectivity index (χ2v) is 11.8. The molecule has 0 aromatic carbocycles. The van der Waals surface area contributed by atoms with Crippen LogP contribution in [0.3, 0.4) is 0 Å². The predicted octanol–water partition coefficient (Wildman–Crippen LogP) is 2.74. The van der Waals surface area contributed by atoms with Gasteiger partial charge in [0, 0.05) is 18.1 Å². The number of hydrogen-bond donors (Lipinski definition) is 2. The van der Waals surface area contributed by atoms with Crippen LogP contribution in [0.1, 0.15) is 22.9 Å². The lowest BCUT2D eigenvalue weighted by atomic mass is 10.0. The van der Waals surface area contributed by atoms with Gasteiger partial charge in [0.05, 0.1) is 12.2 Å². The zero-order valence-electron chi connectivity index (χ0n) is 18.3. The number of aryl methyl sites for hydroxylation is 1. The van der Waals surface area contributed by atoms with Gasteiger partial charge in [-0.05, 0) is 31.6 Å². The molecule has 0 spiro atoms. The van der Waals surface area contributed by atoms with Crippen molar-refractivity contribution in [2.24, 2.45) is 0 Å². The van der Waals surface area contributed by atoms with Crippen molar-refractivity contribution in [3.8, 4) is 0 Å². The van der Waals surface area contributed by atoms with Gasteiger partial charge in [0.2, 0.25) is 5.91 Å². The molecule has 4 rings (SSSR count). The molecule has 34 heavy (non-hydrogen) atoms. The molecule has 2 amide bonds. The summed E-state index contributed by atoms with van der Waals surface area (Å²) in [6, 6.07) is 2.58. The van der Waals surface area contributed by atoms with Gasteiger partial charge in [-0.1, -0.05) is 23.1 Å². The zero-order chi connectivity index (χ0) is 24.2. The predicted molar refractivity (Wildman–Crippen MR) is 131 cm³/mol. The van der Waals surface area contributed by atoms with Crippen LogP contribution < -0.4 is 5.32 Å². The van der Waals surface area contributed by atoms with E-state index in [9.17, 15) is 19.5 Å². The summed E-state index contributed by atoms with van der Waals surface area (Å²) in [6.07, 6.45) is 1.48. The number of hydrogen-bond acceptors (Lipinski definition) is 11. The molecule has 0 aliphatic carbocycles. The lowest BCUT2D eigenvalue weighted by molar-refractivity contribution is -0.150. The molecule has 1 fully saturated rings. The lowest BCUT2D eigenvalue weighted by Gasteiger charge is -2.49. The number of ether oxygens (including phenoxy) is 1. The first-order valence-corrected chi connectivity index (χ1v) is 14.2. The molecule has 2 aliphatic heterocycles. The van der Waals surface area contributed by atoms with E-state index in [4.69, 9.17) is 9.15 Å². The number of β-lactam (4-membered cyclic amide) rings is 1. The summed E-state index contributed by atoms with van der Waals surface area (Å²) >= 11 is 5.52. The average Bonchev–Trinajstić information content (AvgIpc) is 3.50. The highest BCUT2D eigenvalue weighted by molar-refractivity contribution is 8.02. The van der Waals surface area contributed by atoms with E-state index in [-0.39, 0.29) is 11.6 Å². The maximum Gasteiger partial charge on any atom is 0.352 e. The van der Waals surface area contributed by atoms with Gasteiger partial charge in [-0.2, -0.15) is 0 Å². The molecule has 0 radical (unpaired) electrons. The highest BCUT2D eigenvalue weighted by Crippen LogP contribution is 2.42. The van der Waals surface area contributed by atoms with Gasteiger partial charge in [0.1, 0.15) is 33.1 Å². The Morgan fingerprint density at radius 3 is 2.91 bits per heavy atom. The number of amides is 2. The van der Waals surface area contributed by atoms with Crippen molar-refractivity contribution in [1.82, 2.24) is 20.4 Å². The van der Waals surface area contributed by atoms with Crippen molar-refractivity contribution in [3.05, 3.63) is 40.4 Å². The zero-order valence-corrected chi connectivity index (χ0v) is 21.5. The molecule has 0 saturated carbocycles. The van der Waals surface area contributed by atoms with Crippen LogP contribution in [0.2, 0.25) is 0 Å². The maximum atomic E-state index is 13.0. The number of nitrogens with one attached hydrogen (secondary N) is 1. The number of furan rings is 1. The number of rotatable bonds is 11. The first kappa shape index (κ1) is 25.1. The lowest BCUT2D eigenvalue weighted by Crippen LogP contribution is -2.70. The molecule has 2 aliphatic rings. The van der Waals surface area contributed by atoms with E-state index in [0.717, 1.165) is 9.35 Å². The minimum absolute atomic E-state index is 0.0127. The third-order valence-electron chi connectivity index (χ3n) is 4.99. The van der Waals surface area contributed by atoms with Crippen LogP contribution in [-0.4, -0.2) is 73.5 Å². The number of thioether (sulfide) groups is 3. The van der Waals surface area contributed by atoms with Crippen molar-refractivity contribution < 1.29 is 28.6 Å². The fraction of sp³-hybridized carbons (Fsp3) is 0.450. The third kappa shape index (κ3) is 5.30. The quantitative estimate of drug-likeness (QED) is 0.188. The summed E-state index contributed by atoms with van der Waals surface area (Å²) in [6.45, 7) is 4.22. The molecular formula is C20H22N4O6S4. The number of carboxylic acids is 1. The number of aliphatic carboxylic acids is 1. The van der Waals surface area contributed by atoms with Crippen LogP contribution in [0.4, 0.5) is 0 Å². The molecule has 2 aromatic rings. The third-order valence-corrected chi connectivity index (χ3v) is 9.47. The highest BCUT2D eigenvalue weighted by Gasteiger charge is 2.54. The van der Waals surface area contributed by atoms with Crippen molar-refractivity contribution in [3.63, 3.8) is 0 Å². The van der Waals surface area contributed by atoms with Crippen LogP contribution in [0, 0.1) is 6.92 Å². The number of carbonyl (C=O) groups is 3. The normalized spacial score (nSPS) is 20.6. The molecule has 1 saturated heterocycles. The number of nitrogens with zero attached hydrogens (tertiary/aromatic N) is 3. The topological polar surface area (TPSA) is 135 Å². The Balaban J connectivity index is 1.44. The van der Waals surface area contributed by atoms with E-state index in [1.807, 2.05) is 13.8 Å². The molecule has 0 bridgehead atoms. The summed E-state index contributed by atoms with van der Waals surface area (Å²) in [5, 5.41) is 20.3. The van der Waals surface area contributed by atoms with Gasteiger partial charge < -0.3 is 19.6 Å². The van der Waals surface area contributed by atoms with E-state index < -0.39 is 28.5 Å². The second kappa shape index (κ2) is 11.2. The Morgan fingerprint density at radius 1 is 1.44 bits per heavy atom. The Kier molecular flexibility index (Phi) is 8.24. The van der Waals surface area contributed by atoms with E-state index in [2.05, 4.69) is 15.5 Å². The fourth-order valence-corrected chi connectivity index (χ4v) is 7.65. The van der Waals surface area contributed by atoms with Gasteiger partial charge in [-0.25, -0.2) is 4.79 Å². The van der Waals surface area contributed by atoms with Crippen molar-refractivity contribution in [2.45, 2.75) is 34.9 Å². The van der Waals surface area contributed by atoms with E-state index in [1.54, 1.807) is 12.1 Å². The second-order valence-electron chi connectivity index (χ2n) is 7.20. The molecule has 2 N–H and O–H groups in total. The van der Waals surface area contributed by atoms with Gasteiger partial charge in [0.25, 0.3) is 5.91 Å². The van der Waals surface area contributed by atoms with Crippen LogP contribution in [-0.2, 0) is 19.1 Å². The minimum atomic E-state index is -1.16. The van der Waals surface area contributed by atoms with Crippen molar-refractivity contribution in [2.75, 3.05) is 24.1 Å². The van der Waals surface area contributed by atoms with Crippen molar-refractivity contribution >= 4 is 64.4 Å². The number of aromatic nitrogens is 2. The highest BCUT2D eigenvalue weighted by atomic mass is 32.2. The number of carboxylic acid groups (broad SMARTS) is 1. The summed E-state index contributed by atoms with van der Waals surface area (Å²) in [4.78, 5) is 39.3. The van der Waals surface area contributed by atoms with Crippen LogP contribution in [0.15, 0.2) is 38.4 Å². The van der Waals surface area contributed by atoms with Crippen LogP contribution in [0.25, 0.3) is 0 Å². The molecule has 10 nitrogen and oxygen atoms in total. The standard InChI is InChI=1S/C20H22N4O6S4/c1-3-29-9-33-15(12-5-4-6-30-12)16(25)21-13-17(26)24-14(19(27)28)11(7-31-18(13)24)8-32-20-23-22-10(2)34-20/h4-6,13,15,18H,3,7-9H2,1-2H3,(H,21,25)(H,27,28). The monoisotopic (exact) mass is 542 g/mol. The Bertz CT molecular complexity index is 1090. The molecule has 3 unspecified atom stereocenters. The fourth-order valence-electron chi connectivity index (χ4n) is 3.44. The van der Waals surface area contributed by atoms with Gasteiger partial charge in [0.15, 0.2) is 4.34 Å². The SMILES string of the molecule is CCOCSC(C(=O)NC1C(=O)N2C(C(=O)O)=C(CSc3nnc(C)s3)CSC12)c1ccco1. The summed E-state index contributed by atoms with van der Waals surface area (Å²) < 4.78 is 11.5. The minimum Gasteiger partial charge on any atom is -0.477 e. The first-order valence-electron chi connectivity index (χ1n) is 10.3. The molecule has 4 heterocycles. The Morgan fingerprint density at radius 2 is 2.26 bits per heavy atom. The number of fused-ring (bicyclic) bond motifs is 1. The van der Waals surface area contributed by atoms with Crippen LogP contribution in [0.5, 0.6) is 0 Å². The van der Waals surface area contributed by atoms with E-state index in [0.29, 0.717) is 35.4 Å². The average molecular weight is 543 g/mol. The number of carbonyl (C=O) groups excluding carboxylic acids is 2. The molecular weight excluding hydrogens is 521 g/mol. The van der Waals surface area contributed by atoms with E-state index in [1.165, 1.54) is 57.8 Å². The summed E-state index contributed by atoms with van der Waals surface area (Å²) in [5.74, 6) is -0.400. The molecule has 2 aromatic heterocycles. The summed E-state index contributed by atoms with van der Waals surface area (Å²) in [7, 11) is 0. The molecule has 3 atom stereocenters. The Hall–Kier alpha value is -2.00. The van der Waals surface area contributed by atoms with E-state index >= 15 is 0 Å². The smallest absolute Gasteiger partial charge is 0.352 e. The van der Waals surface area contributed by atoms with Gasteiger partial charge in [-0.15, -0.1) is 33.7 Å². The Labute approximate surface area is 212 Å². The van der Waals surface area contributed by atoms with Crippen molar-refractivity contribution in [1.29, 1.82) is 0 Å².